The molecule has 1 heterocycles. The lowest BCUT2D eigenvalue weighted by Crippen LogP contribution is -2.49. The summed E-state index contributed by atoms with van der Waals surface area (Å²) in [6, 6.07) is 4.20. The molecule has 6 heteroatoms. The van der Waals surface area contributed by atoms with Crippen LogP contribution < -0.4 is 11.1 Å². The third-order valence-electron chi connectivity index (χ3n) is 5.00. The molecule has 22 heavy (non-hydrogen) atoms. The van der Waals surface area contributed by atoms with Gasteiger partial charge in [-0.2, -0.15) is 0 Å². The van der Waals surface area contributed by atoms with Crippen molar-refractivity contribution in [2.75, 3.05) is 0 Å². The Hall–Kier alpha value is -0.840. The minimum absolute atomic E-state index is 0. The Labute approximate surface area is 144 Å². The van der Waals surface area contributed by atoms with E-state index in [1.165, 1.54) is 19.3 Å². The van der Waals surface area contributed by atoms with E-state index in [9.17, 15) is 4.79 Å². The summed E-state index contributed by atoms with van der Waals surface area (Å²) < 4.78 is 0. The highest BCUT2D eigenvalue weighted by Gasteiger charge is 2.40. The van der Waals surface area contributed by atoms with Crippen LogP contribution in [0.4, 0.5) is 0 Å². The summed E-state index contributed by atoms with van der Waals surface area (Å²) in [5.74, 6) is 1.47. The molecule has 0 saturated heterocycles. The first kappa shape index (κ1) is 19.2. The summed E-state index contributed by atoms with van der Waals surface area (Å²) in [5, 5.41) is 3.07. The maximum atomic E-state index is 12.3. The molecular weight excluding hydrogens is 321 g/mol. The smallest absolute Gasteiger partial charge is 0.223 e. The van der Waals surface area contributed by atoms with E-state index in [-0.39, 0.29) is 36.6 Å². The molecule has 1 aromatic rings. The molecule has 0 spiro atoms. The standard InChI is InChI=1S/C16H23N3O.2ClH/c17-15-12-2-1-3-13(15)9-14(8-12)16(20)19-10-11-4-6-18-7-5-11;;/h4-7,12-15H,1-3,8-10,17H2,(H,19,20);2*1H. The number of pyridine rings is 1. The molecule has 3 N–H and O–H groups in total. The van der Waals surface area contributed by atoms with Crippen LogP contribution in [0.5, 0.6) is 0 Å². The number of aromatic nitrogens is 1. The number of rotatable bonds is 3. The van der Waals surface area contributed by atoms with Crippen LogP contribution in [-0.2, 0) is 11.3 Å². The van der Waals surface area contributed by atoms with Crippen molar-refractivity contribution < 1.29 is 4.79 Å². The summed E-state index contributed by atoms with van der Waals surface area (Å²) in [6.45, 7) is 0.596. The second kappa shape index (κ2) is 8.70. The highest BCUT2D eigenvalue weighted by atomic mass is 35.5. The van der Waals surface area contributed by atoms with Crippen LogP contribution in [0, 0.1) is 17.8 Å². The van der Waals surface area contributed by atoms with E-state index in [4.69, 9.17) is 5.73 Å². The lowest BCUT2D eigenvalue weighted by molar-refractivity contribution is -0.128. The van der Waals surface area contributed by atoms with Crippen LogP contribution in [0.15, 0.2) is 24.5 Å². The van der Waals surface area contributed by atoms with Crippen molar-refractivity contribution >= 4 is 30.7 Å². The lowest BCUT2D eigenvalue weighted by atomic mass is 9.65. The molecule has 3 rings (SSSR count). The Morgan fingerprint density at radius 3 is 2.36 bits per heavy atom. The van der Waals surface area contributed by atoms with Crippen LogP contribution in [0.25, 0.3) is 0 Å². The normalized spacial score (nSPS) is 29.7. The molecule has 2 fully saturated rings. The van der Waals surface area contributed by atoms with Crippen LogP contribution in [0.3, 0.4) is 0 Å². The Balaban J connectivity index is 0.00000121. The predicted molar refractivity (Wildman–Crippen MR) is 92.1 cm³/mol. The van der Waals surface area contributed by atoms with Crippen LogP contribution in [0.2, 0.25) is 0 Å². The molecule has 2 aliphatic carbocycles. The van der Waals surface area contributed by atoms with Gasteiger partial charge in [0, 0.05) is 30.9 Å². The molecule has 2 saturated carbocycles. The summed E-state index contributed by atoms with van der Waals surface area (Å²) in [7, 11) is 0. The number of nitrogens with zero attached hydrogens (tertiary/aromatic N) is 1. The number of nitrogens with two attached hydrogens (primary N) is 1. The van der Waals surface area contributed by atoms with Gasteiger partial charge < -0.3 is 11.1 Å². The minimum atomic E-state index is 0. The highest BCUT2D eigenvalue weighted by Crippen LogP contribution is 2.41. The maximum Gasteiger partial charge on any atom is 0.223 e. The number of hydrogen-bond acceptors (Lipinski definition) is 3. The number of nitrogens with one attached hydrogen (secondary N) is 1. The molecule has 1 amide bonds. The summed E-state index contributed by atoms with van der Waals surface area (Å²) in [5.41, 5.74) is 7.37. The Bertz CT molecular complexity index is 458. The first-order valence-electron chi connectivity index (χ1n) is 7.66. The van der Waals surface area contributed by atoms with E-state index in [0.29, 0.717) is 24.4 Å². The largest absolute Gasteiger partial charge is 0.352 e. The van der Waals surface area contributed by atoms with E-state index in [1.807, 2.05) is 12.1 Å². The lowest BCUT2D eigenvalue weighted by Gasteiger charge is -2.43. The van der Waals surface area contributed by atoms with Crippen molar-refractivity contribution in [3.8, 4) is 0 Å². The zero-order chi connectivity index (χ0) is 13.9. The van der Waals surface area contributed by atoms with Crippen molar-refractivity contribution in [1.29, 1.82) is 0 Å². The molecule has 2 aliphatic rings. The molecule has 4 nitrogen and oxygen atoms in total. The van der Waals surface area contributed by atoms with Crippen molar-refractivity contribution in [3.63, 3.8) is 0 Å². The molecule has 0 aromatic carbocycles. The third-order valence-corrected chi connectivity index (χ3v) is 5.00. The molecular formula is C16H25Cl2N3O. The molecule has 2 bridgehead atoms. The summed E-state index contributed by atoms with van der Waals surface area (Å²) >= 11 is 0. The van der Waals surface area contributed by atoms with E-state index < -0.39 is 0 Å². The topological polar surface area (TPSA) is 68.0 Å². The highest BCUT2D eigenvalue weighted by molar-refractivity contribution is 5.85. The zero-order valence-corrected chi connectivity index (χ0v) is 14.2. The van der Waals surface area contributed by atoms with Gasteiger partial charge in [0.05, 0.1) is 0 Å². The van der Waals surface area contributed by atoms with E-state index >= 15 is 0 Å². The van der Waals surface area contributed by atoms with Crippen molar-refractivity contribution in [1.82, 2.24) is 10.3 Å². The molecule has 0 aliphatic heterocycles. The van der Waals surface area contributed by atoms with Crippen molar-refractivity contribution in [2.24, 2.45) is 23.5 Å². The molecule has 2 atom stereocenters. The van der Waals surface area contributed by atoms with Gasteiger partial charge >= 0.3 is 0 Å². The third kappa shape index (κ3) is 4.34. The van der Waals surface area contributed by atoms with Gasteiger partial charge in [0.1, 0.15) is 0 Å². The zero-order valence-electron chi connectivity index (χ0n) is 12.6. The van der Waals surface area contributed by atoms with Crippen molar-refractivity contribution in [3.05, 3.63) is 30.1 Å². The van der Waals surface area contributed by atoms with Crippen LogP contribution in [0.1, 0.15) is 37.7 Å². The maximum absolute atomic E-state index is 12.3. The molecule has 2 unspecified atom stereocenters. The average Bonchev–Trinajstić information content (AvgIpc) is 2.45. The molecule has 1 aromatic heterocycles. The van der Waals surface area contributed by atoms with Gasteiger partial charge in [-0.05, 0) is 55.2 Å². The second-order valence-electron chi connectivity index (χ2n) is 6.27. The Morgan fingerprint density at radius 2 is 1.77 bits per heavy atom. The van der Waals surface area contributed by atoms with E-state index in [0.717, 1.165) is 18.4 Å². The average molecular weight is 346 g/mol. The first-order valence-corrected chi connectivity index (χ1v) is 7.66. The van der Waals surface area contributed by atoms with Gasteiger partial charge in [-0.3, -0.25) is 9.78 Å². The first-order chi connectivity index (χ1) is 9.74. The Morgan fingerprint density at radius 1 is 1.18 bits per heavy atom. The van der Waals surface area contributed by atoms with E-state index in [2.05, 4.69) is 10.3 Å². The summed E-state index contributed by atoms with van der Waals surface area (Å²) in [4.78, 5) is 16.3. The quantitative estimate of drug-likeness (QED) is 0.884. The molecule has 124 valence electrons. The number of amides is 1. The minimum Gasteiger partial charge on any atom is -0.352 e. The van der Waals surface area contributed by atoms with Crippen LogP contribution >= 0.6 is 24.8 Å². The SMILES string of the molecule is Cl.Cl.NC1C2CCCC1CC(C(=O)NCc1ccncc1)C2. The van der Waals surface area contributed by atoms with Gasteiger partial charge in [0.25, 0.3) is 0 Å². The number of hydrogen-bond donors (Lipinski definition) is 2. The van der Waals surface area contributed by atoms with Gasteiger partial charge in [-0.25, -0.2) is 0 Å². The van der Waals surface area contributed by atoms with Crippen molar-refractivity contribution in [2.45, 2.75) is 44.7 Å². The fourth-order valence-corrected chi connectivity index (χ4v) is 3.84. The molecule has 0 radical (unpaired) electrons. The van der Waals surface area contributed by atoms with E-state index in [1.54, 1.807) is 12.4 Å². The number of carbonyl (C=O) groups excluding carboxylic acids is 1. The Kier molecular flexibility index (Phi) is 7.60. The second-order valence-corrected chi connectivity index (χ2v) is 6.27. The van der Waals surface area contributed by atoms with Crippen LogP contribution in [-0.4, -0.2) is 16.9 Å². The fraction of sp³-hybridized carbons (Fsp3) is 0.625. The summed E-state index contributed by atoms with van der Waals surface area (Å²) in [6.07, 6.45) is 9.14. The van der Waals surface area contributed by atoms with Gasteiger partial charge in [-0.15, -0.1) is 24.8 Å². The number of carbonyl (C=O) groups is 1. The van der Waals surface area contributed by atoms with Gasteiger partial charge in [0.15, 0.2) is 0 Å². The van der Waals surface area contributed by atoms with Gasteiger partial charge in [0.2, 0.25) is 5.91 Å². The monoisotopic (exact) mass is 345 g/mol. The number of fused-ring (bicyclic) bond motifs is 2. The van der Waals surface area contributed by atoms with Gasteiger partial charge in [-0.1, -0.05) is 6.42 Å². The predicted octanol–water partition coefficient (Wildman–Crippen LogP) is 2.70. The number of halogens is 2. The fourth-order valence-electron chi connectivity index (χ4n) is 3.84.